The Morgan fingerprint density at radius 2 is 2.12 bits per heavy atom. The van der Waals surface area contributed by atoms with Crippen molar-refractivity contribution in [3.8, 4) is 12.3 Å². The van der Waals surface area contributed by atoms with Gasteiger partial charge in [-0.25, -0.2) is 0 Å². The lowest BCUT2D eigenvalue weighted by atomic mass is 10.1. The molecule has 84 valence electrons. The molecule has 0 bridgehead atoms. The molecule has 0 aliphatic carbocycles. The third kappa shape index (κ3) is 3.41. The number of aliphatic carboxylic acids is 1. The second-order valence-electron chi connectivity index (χ2n) is 3.66. The molecule has 0 saturated heterocycles. The molecule has 3 nitrogen and oxygen atoms in total. The lowest BCUT2D eigenvalue weighted by Crippen LogP contribution is -2.40. The van der Waals surface area contributed by atoms with Gasteiger partial charge < -0.3 is 5.11 Å². The van der Waals surface area contributed by atoms with Crippen LogP contribution < -0.4 is 0 Å². The van der Waals surface area contributed by atoms with Crippen molar-refractivity contribution >= 4 is 5.97 Å². The maximum Gasteiger partial charge on any atom is 0.321 e. The Hall–Kier alpha value is -1.79. The number of nitrogens with zero attached hydrogens (tertiary/aromatic N) is 1. The molecule has 0 heterocycles. The van der Waals surface area contributed by atoms with Gasteiger partial charge in [-0.15, -0.1) is 6.42 Å². The van der Waals surface area contributed by atoms with Crippen molar-refractivity contribution in [1.29, 1.82) is 0 Å². The summed E-state index contributed by atoms with van der Waals surface area (Å²) in [6.07, 6.45) is 5.64. The first kappa shape index (κ1) is 12.3. The summed E-state index contributed by atoms with van der Waals surface area (Å²) in [5.41, 5.74) is 0.999. The molecular weight excluding hydrogens is 202 g/mol. The van der Waals surface area contributed by atoms with Crippen LogP contribution in [0.4, 0.5) is 0 Å². The van der Waals surface area contributed by atoms with Crippen LogP contribution in [0.15, 0.2) is 30.3 Å². The summed E-state index contributed by atoms with van der Waals surface area (Å²) < 4.78 is 0. The molecule has 0 unspecified atom stereocenters. The van der Waals surface area contributed by atoms with E-state index in [9.17, 15) is 4.79 Å². The zero-order chi connectivity index (χ0) is 12.0. The van der Waals surface area contributed by atoms with Crippen LogP contribution in [-0.2, 0) is 11.2 Å². The summed E-state index contributed by atoms with van der Waals surface area (Å²) in [6, 6.07) is 8.97. The van der Waals surface area contributed by atoms with Gasteiger partial charge in [-0.3, -0.25) is 9.69 Å². The van der Waals surface area contributed by atoms with Crippen molar-refractivity contribution in [2.24, 2.45) is 0 Å². The van der Waals surface area contributed by atoms with E-state index in [4.69, 9.17) is 11.5 Å². The lowest BCUT2D eigenvalue weighted by molar-refractivity contribution is -0.142. The average Bonchev–Trinajstić information content (AvgIpc) is 2.27. The van der Waals surface area contributed by atoms with Gasteiger partial charge in [0.1, 0.15) is 6.04 Å². The summed E-state index contributed by atoms with van der Waals surface area (Å²) >= 11 is 0. The highest BCUT2D eigenvalue weighted by atomic mass is 16.4. The fraction of sp³-hybridized carbons (Fsp3) is 0.308. The van der Waals surface area contributed by atoms with Crippen LogP contribution in [-0.4, -0.2) is 35.6 Å². The van der Waals surface area contributed by atoms with Gasteiger partial charge >= 0.3 is 5.97 Å². The number of carboxylic acids is 1. The Kier molecular flexibility index (Phi) is 4.56. The van der Waals surface area contributed by atoms with E-state index >= 15 is 0 Å². The van der Waals surface area contributed by atoms with E-state index in [1.54, 1.807) is 11.9 Å². The maximum absolute atomic E-state index is 11.1. The Labute approximate surface area is 95.7 Å². The summed E-state index contributed by atoms with van der Waals surface area (Å²) in [6.45, 7) is 0.337. The van der Waals surface area contributed by atoms with E-state index in [2.05, 4.69) is 5.92 Å². The molecule has 0 radical (unpaired) electrons. The van der Waals surface area contributed by atoms with E-state index in [1.165, 1.54) is 0 Å². The summed E-state index contributed by atoms with van der Waals surface area (Å²) in [5.74, 6) is 1.61. The van der Waals surface area contributed by atoms with Crippen LogP contribution in [0.1, 0.15) is 5.56 Å². The molecule has 0 aliphatic heterocycles. The molecule has 1 N–H and O–H groups in total. The van der Waals surface area contributed by atoms with Gasteiger partial charge in [0.05, 0.1) is 6.54 Å². The second-order valence-corrected chi connectivity index (χ2v) is 3.66. The number of likely N-dealkylation sites (N-methyl/N-ethyl adjacent to an activating group) is 1. The molecule has 3 heteroatoms. The van der Waals surface area contributed by atoms with Gasteiger partial charge in [0.25, 0.3) is 0 Å². The number of hydrogen-bond acceptors (Lipinski definition) is 2. The zero-order valence-corrected chi connectivity index (χ0v) is 9.26. The molecule has 0 fully saturated rings. The summed E-state index contributed by atoms with van der Waals surface area (Å²) in [4.78, 5) is 12.8. The van der Waals surface area contributed by atoms with E-state index in [0.717, 1.165) is 5.56 Å². The maximum atomic E-state index is 11.1. The van der Waals surface area contributed by atoms with Crippen LogP contribution >= 0.6 is 0 Å². The first-order valence-corrected chi connectivity index (χ1v) is 5.05. The largest absolute Gasteiger partial charge is 0.480 e. The summed E-state index contributed by atoms with van der Waals surface area (Å²) in [5, 5.41) is 9.12. The Morgan fingerprint density at radius 1 is 1.50 bits per heavy atom. The first-order chi connectivity index (χ1) is 7.65. The van der Waals surface area contributed by atoms with Gasteiger partial charge in [-0.2, -0.15) is 0 Å². The molecule has 0 aromatic heterocycles. The van der Waals surface area contributed by atoms with Crippen molar-refractivity contribution in [3.63, 3.8) is 0 Å². The van der Waals surface area contributed by atoms with Crippen molar-refractivity contribution in [1.82, 2.24) is 4.90 Å². The highest BCUT2D eigenvalue weighted by Gasteiger charge is 2.21. The third-order valence-electron chi connectivity index (χ3n) is 2.43. The van der Waals surface area contributed by atoms with Gasteiger partial charge in [-0.1, -0.05) is 36.3 Å². The molecular formula is C13H15NO2. The smallest absolute Gasteiger partial charge is 0.321 e. The van der Waals surface area contributed by atoms with Gasteiger partial charge in [0.2, 0.25) is 0 Å². The van der Waals surface area contributed by atoms with Gasteiger partial charge in [0.15, 0.2) is 0 Å². The molecule has 16 heavy (non-hydrogen) atoms. The average molecular weight is 217 g/mol. The third-order valence-corrected chi connectivity index (χ3v) is 2.43. The van der Waals surface area contributed by atoms with Crippen LogP contribution in [0.3, 0.4) is 0 Å². The molecule has 1 rings (SSSR count). The van der Waals surface area contributed by atoms with Crippen molar-refractivity contribution < 1.29 is 9.90 Å². The number of carbonyl (C=O) groups is 1. The van der Waals surface area contributed by atoms with Crippen molar-refractivity contribution in [2.45, 2.75) is 12.5 Å². The number of hydrogen-bond donors (Lipinski definition) is 1. The first-order valence-electron chi connectivity index (χ1n) is 5.05. The van der Waals surface area contributed by atoms with E-state index in [0.29, 0.717) is 13.0 Å². The number of rotatable bonds is 5. The minimum Gasteiger partial charge on any atom is -0.480 e. The predicted molar refractivity (Wildman–Crippen MR) is 63.0 cm³/mol. The Balaban J connectivity index is 2.73. The van der Waals surface area contributed by atoms with Crippen molar-refractivity contribution in [2.75, 3.05) is 13.6 Å². The van der Waals surface area contributed by atoms with Gasteiger partial charge in [0, 0.05) is 0 Å². The quantitative estimate of drug-likeness (QED) is 0.754. The topological polar surface area (TPSA) is 40.5 Å². The van der Waals surface area contributed by atoms with Gasteiger partial charge in [-0.05, 0) is 19.0 Å². The Morgan fingerprint density at radius 3 is 2.62 bits per heavy atom. The predicted octanol–water partition coefficient (Wildman–Crippen LogP) is 1.25. The fourth-order valence-corrected chi connectivity index (χ4v) is 1.52. The lowest BCUT2D eigenvalue weighted by Gasteiger charge is -2.22. The molecule has 0 aliphatic rings. The zero-order valence-electron chi connectivity index (χ0n) is 9.26. The van der Waals surface area contributed by atoms with Crippen LogP contribution in [0.25, 0.3) is 0 Å². The minimum atomic E-state index is -0.846. The van der Waals surface area contributed by atoms with Crippen LogP contribution in [0, 0.1) is 12.3 Å². The monoisotopic (exact) mass is 217 g/mol. The van der Waals surface area contributed by atoms with Crippen LogP contribution in [0.2, 0.25) is 0 Å². The van der Waals surface area contributed by atoms with Crippen molar-refractivity contribution in [3.05, 3.63) is 35.9 Å². The molecule has 0 spiro atoms. The summed E-state index contributed by atoms with van der Waals surface area (Å²) in [7, 11) is 1.72. The molecule has 1 atom stereocenters. The number of carboxylic acid groups (broad SMARTS) is 1. The van der Waals surface area contributed by atoms with E-state index in [-0.39, 0.29) is 0 Å². The van der Waals surface area contributed by atoms with E-state index in [1.807, 2.05) is 30.3 Å². The normalized spacial score (nSPS) is 12.1. The van der Waals surface area contributed by atoms with Crippen LogP contribution in [0.5, 0.6) is 0 Å². The molecule has 0 amide bonds. The molecule has 1 aromatic rings. The number of terminal acetylenes is 1. The molecule has 1 aromatic carbocycles. The second kappa shape index (κ2) is 5.94. The highest BCUT2D eigenvalue weighted by molar-refractivity contribution is 5.74. The Bertz CT molecular complexity index is 381. The standard InChI is InChI=1S/C13H15NO2/c1-3-9-14(2)12(13(15)16)10-11-7-5-4-6-8-11/h1,4-8,12H,9-10H2,2H3,(H,15,16)/t12-/m0/s1. The highest BCUT2D eigenvalue weighted by Crippen LogP contribution is 2.07. The number of benzene rings is 1. The molecule has 0 saturated carbocycles. The minimum absolute atomic E-state index is 0.337. The van der Waals surface area contributed by atoms with E-state index < -0.39 is 12.0 Å². The fourth-order valence-electron chi connectivity index (χ4n) is 1.52. The SMILES string of the molecule is C#CCN(C)[C@@H](Cc1ccccc1)C(=O)O.